The Hall–Kier alpha value is -1.08. The molecular weight excluding hydrogens is 170 g/mol. The molecule has 0 aromatic heterocycles. The number of hydrogen-bond donors (Lipinski definition) is 0. The van der Waals surface area contributed by atoms with Gasteiger partial charge in [-0.25, -0.2) is 0 Å². The van der Waals surface area contributed by atoms with Crippen LogP contribution in [0.2, 0.25) is 0 Å². The summed E-state index contributed by atoms with van der Waals surface area (Å²) in [5.74, 6) is 0. The summed E-state index contributed by atoms with van der Waals surface area (Å²) in [6.07, 6.45) is 1.17. The van der Waals surface area contributed by atoms with Gasteiger partial charge in [-0.2, -0.15) is 0 Å². The molecule has 0 spiro atoms. The third-order valence-electron chi connectivity index (χ3n) is 2.68. The van der Waals surface area contributed by atoms with E-state index in [1.165, 1.54) is 37.2 Å². The molecule has 1 aromatic rings. The van der Waals surface area contributed by atoms with E-state index in [-0.39, 0.29) is 0 Å². The molecular formula is C13H17N. The van der Waals surface area contributed by atoms with Gasteiger partial charge in [-0.1, -0.05) is 36.4 Å². The van der Waals surface area contributed by atoms with Gasteiger partial charge < -0.3 is 4.90 Å². The van der Waals surface area contributed by atoms with Crippen molar-refractivity contribution in [2.75, 3.05) is 19.6 Å². The molecule has 0 saturated carbocycles. The first-order valence-electron chi connectivity index (χ1n) is 5.23. The molecule has 0 atom stereocenters. The molecule has 1 heterocycles. The molecule has 1 nitrogen and oxygen atoms in total. The van der Waals surface area contributed by atoms with Gasteiger partial charge in [0.1, 0.15) is 0 Å². The number of nitrogens with zero attached hydrogens (tertiary/aromatic N) is 1. The summed E-state index contributed by atoms with van der Waals surface area (Å²) < 4.78 is 0. The standard InChI is InChI=1S/C13H17N/c1-11(2)13-5-3-4-12(10-13)6-7-14-8-9-14/h3-5,10H,1,6-9H2,2H3. The predicted octanol–water partition coefficient (Wildman–Crippen LogP) is 2.58. The normalized spacial score (nSPS) is 15.5. The zero-order valence-corrected chi connectivity index (χ0v) is 8.79. The first kappa shape index (κ1) is 9.47. The second-order valence-corrected chi connectivity index (χ2v) is 4.07. The molecule has 2 rings (SSSR count). The minimum Gasteiger partial charge on any atom is -0.300 e. The van der Waals surface area contributed by atoms with Crippen LogP contribution in [-0.4, -0.2) is 24.5 Å². The Morgan fingerprint density at radius 1 is 1.43 bits per heavy atom. The third-order valence-corrected chi connectivity index (χ3v) is 2.68. The Balaban J connectivity index is 2.01. The summed E-state index contributed by atoms with van der Waals surface area (Å²) in [7, 11) is 0. The van der Waals surface area contributed by atoms with E-state index >= 15 is 0 Å². The predicted molar refractivity (Wildman–Crippen MR) is 61.3 cm³/mol. The molecule has 1 saturated heterocycles. The van der Waals surface area contributed by atoms with E-state index in [9.17, 15) is 0 Å². The topological polar surface area (TPSA) is 3.01 Å². The lowest BCUT2D eigenvalue weighted by atomic mass is 10.0. The van der Waals surface area contributed by atoms with Gasteiger partial charge in [0.15, 0.2) is 0 Å². The number of rotatable bonds is 4. The molecule has 1 heteroatoms. The van der Waals surface area contributed by atoms with E-state index in [2.05, 4.69) is 42.7 Å². The smallest absolute Gasteiger partial charge is 0.0110 e. The average molecular weight is 187 g/mol. The summed E-state index contributed by atoms with van der Waals surface area (Å²) in [6, 6.07) is 8.71. The largest absolute Gasteiger partial charge is 0.300 e. The lowest BCUT2D eigenvalue weighted by Gasteiger charge is -2.05. The van der Waals surface area contributed by atoms with Gasteiger partial charge in [-0.05, 0) is 24.5 Å². The van der Waals surface area contributed by atoms with Crippen LogP contribution in [0, 0.1) is 0 Å². The monoisotopic (exact) mass is 187 g/mol. The van der Waals surface area contributed by atoms with Gasteiger partial charge in [0.25, 0.3) is 0 Å². The van der Waals surface area contributed by atoms with E-state index in [1.54, 1.807) is 0 Å². The summed E-state index contributed by atoms with van der Waals surface area (Å²) in [4.78, 5) is 2.45. The molecule has 1 aromatic carbocycles. The van der Waals surface area contributed by atoms with Crippen LogP contribution in [0.15, 0.2) is 30.8 Å². The summed E-state index contributed by atoms with van der Waals surface area (Å²) >= 11 is 0. The van der Waals surface area contributed by atoms with Crippen LogP contribution in [-0.2, 0) is 6.42 Å². The fraction of sp³-hybridized carbons (Fsp3) is 0.385. The van der Waals surface area contributed by atoms with E-state index < -0.39 is 0 Å². The fourth-order valence-corrected chi connectivity index (χ4v) is 1.57. The molecule has 14 heavy (non-hydrogen) atoms. The van der Waals surface area contributed by atoms with Gasteiger partial charge in [0.05, 0.1) is 0 Å². The summed E-state index contributed by atoms with van der Waals surface area (Å²) in [6.45, 7) is 9.81. The second-order valence-electron chi connectivity index (χ2n) is 4.07. The molecule has 0 N–H and O–H groups in total. The van der Waals surface area contributed by atoms with Crippen LogP contribution < -0.4 is 0 Å². The second kappa shape index (κ2) is 3.97. The Morgan fingerprint density at radius 2 is 2.21 bits per heavy atom. The van der Waals surface area contributed by atoms with Gasteiger partial charge in [-0.3, -0.25) is 0 Å². The fourth-order valence-electron chi connectivity index (χ4n) is 1.57. The van der Waals surface area contributed by atoms with Gasteiger partial charge in [0, 0.05) is 19.6 Å². The lowest BCUT2D eigenvalue weighted by molar-refractivity contribution is 0.561. The first-order chi connectivity index (χ1) is 6.75. The van der Waals surface area contributed by atoms with Crippen molar-refractivity contribution in [1.29, 1.82) is 0 Å². The lowest BCUT2D eigenvalue weighted by Crippen LogP contribution is -2.02. The van der Waals surface area contributed by atoms with Crippen LogP contribution >= 0.6 is 0 Å². The molecule has 0 bridgehead atoms. The minimum absolute atomic E-state index is 1.15. The molecule has 0 aliphatic carbocycles. The Labute approximate surface area is 86.1 Å². The van der Waals surface area contributed by atoms with Crippen molar-refractivity contribution in [3.8, 4) is 0 Å². The highest BCUT2D eigenvalue weighted by Crippen LogP contribution is 2.14. The summed E-state index contributed by atoms with van der Waals surface area (Å²) in [5.41, 5.74) is 3.85. The molecule has 74 valence electrons. The molecule has 1 aliphatic heterocycles. The van der Waals surface area contributed by atoms with E-state index in [0.717, 1.165) is 5.57 Å². The van der Waals surface area contributed by atoms with Gasteiger partial charge in [-0.15, -0.1) is 0 Å². The maximum absolute atomic E-state index is 3.96. The Kier molecular flexibility index (Phi) is 2.69. The van der Waals surface area contributed by atoms with Crippen molar-refractivity contribution in [2.24, 2.45) is 0 Å². The van der Waals surface area contributed by atoms with Crippen molar-refractivity contribution in [3.05, 3.63) is 42.0 Å². The third kappa shape index (κ3) is 2.46. The highest BCUT2D eigenvalue weighted by molar-refractivity contribution is 5.61. The first-order valence-corrected chi connectivity index (χ1v) is 5.23. The zero-order chi connectivity index (χ0) is 9.97. The van der Waals surface area contributed by atoms with Crippen LogP contribution in [0.25, 0.3) is 5.57 Å². The van der Waals surface area contributed by atoms with Crippen molar-refractivity contribution in [3.63, 3.8) is 0 Å². The molecule has 0 radical (unpaired) electrons. The van der Waals surface area contributed by atoms with Crippen molar-refractivity contribution in [1.82, 2.24) is 4.90 Å². The summed E-state index contributed by atoms with van der Waals surface area (Å²) in [5, 5.41) is 0. The van der Waals surface area contributed by atoms with E-state index in [1.807, 2.05) is 0 Å². The molecule has 0 amide bonds. The van der Waals surface area contributed by atoms with Crippen LogP contribution in [0.3, 0.4) is 0 Å². The number of hydrogen-bond acceptors (Lipinski definition) is 1. The van der Waals surface area contributed by atoms with Crippen LogP contribution in [0.1, 0.15) is 18.1 Å². The minimum atomic E-state index is 1.15. The molecule has 1 fully saturated rings. The molecule has 0 unspecified atom stereocenters. The number of benzene rings is 1. The van der Waals surface area contributed by atoms with Crippen LogP contribution in [0.4, 0.5) is 0 Å². The van der Waals surface area contributed by atoms with E-state index in [0.29, 0.717) is 0 Å². The maximum Gasteiger partial charge on any atom is 0.0110 e. The average Bonchev–Trinajstić information content (AvgIpc) is 2.99. The zero-order valence-electron chi connectivity index (χ0n) is 8.79. The Bertz CT molecular complexity index is 337. The van der Waals surface area contributed by atoms with Crippen LogP contribution in [0.5, 0.6) is 0 Å². The Morgan fingerprint density at radius 3 is 2.86 bits per heavy atom. The SMILES string of the molecule is C=C(C)c1cccc(CCN2CC2)c1. The van der Waals surface area contributed by atoms with E-state index in [4.69, 9.17) is 0 Å². The highest BCUT2D eigenvalue weighted by Gasteiger charge is 2.15. The maximum atomic E-state index is 3.96. The number of allylic oxidation sites excluding steroid dienone is 1. The van der Waals surface area contributed by atoms with Crippen molar-refractivity contribution in [2.45, 2.75) is 13.3 Å². The quantitative estimate of drug-likeness (QED) is 0.655. The van der Waals surface area contributed by atoms with Gasteiger partial charge >= 0.3 is 0 Å². The molecule has 1 aliphatic rings. The highest BCUT2D eigenvalue weighted by atomic mass is 15.2. The van der Waals surface area contributed by atoms with Gasteiger partial charge in [0.2, 0.25) is 0 Å². The van der Waals surface area contributed by atoms with Crippen molar-refractivity contribution >= 4 is 5.57 Å². The van der Waals surface area contributed by atoms with Crippen molar-refractivity contribution < 1.29 is 0 Å².